The van der Waals surface area contributed by atoms with Gasteiger partial charge in [-0.3, -0.25) is 0 Å². The molecule has 1 saturated heterocycles. The number of para-hydroxylation sites is 1. The van der Waals surface area contributed by atoms with Gasteiger partial charge in [-0.15, -0.1) is 0 Å². The van der Waals surface area contributed by atoms with Crippen LogP contribution in [0.15, 0.2) is 24.3 Å². The Bertz CT molecular complexity index is 479. The summed E-state index contributed by atoms with van der Waals surface area (Å²) in [6.45, 7) is 1.64. The van der Waals surface area contributed by atoms with Crippen molar-refractivity contribution < 1.29 is 29.5 Å². The first-order valence-electron chi connectivity index (χ1n) is 6.82. The molecule has 1 aromatic rings. The smallest absolute Gasteiger partial charge is 0.186 e. The van der Waals surface area contributed by atoms with E-state index in [1.54, 1.807) is 19.1 Å². The van der Waals surface area contributed by atoms with Crippen LogP contribution in [0.3, 0.4) is 0 Å². The average Bonchev–Trinajstić information content (AvgIpc) is 2.50. The van der Waals surface area contributed by atoms with Crippen LogP contribution < -0.4 is 4.74 Å². The lowest BCUT2D eigenvalue weighted by molar-refractivity contribution is -0.318. The Morgan fingerprint density at radius 2 is 1.90 bits per heavy atom. The van der Waals surface area contributed by atoms with E-state index in [0.717, 1.165) is 5.56 Å². The highest BCUT2D eigenvalue weighted by Crippen LogP contribution is 2.35. The van der Waals surface area contributed by atoms with E-state index in [9.17, 15) is 15.3 Å². The van der Waals surface area contributed by atoms with Gasteiger partial charge in [0.2, 0.25) is 0 Å². The normalized spacial score (nSPS) is 36.5. The number of ether oxygens (including phenoxy) is 3. The van der Waals surface area contributed by atoms with Crippen molar-refractivity contribution in [1.82, 2.24) is 0 Å². The molecule has 0 spiro atoms. The fourth-order valence-corrected chi connectivity index (χ4v) is 2.68. The zero-order valence-corrected chi connectivity index (χ0v) is 12.4. The number of aliphatic hydroxyl groups is 3. The zero-order chi connectivity index (χ0) is 15.6. The fraction of sp³-hybridized carbons (Fsp3) is 0.600. The third-order valence-corrected chi connectivity index (χ3v) is 4.06. The molecule has 118 valence electrons. The zero-order valence-electron chi connectivity index (χ0n) is 12.4. The molecule has 0 aliphatic carbocycles. The quantitative estimate of drug-likeness (QED) is 0.730. The topological polar surface area (TPSA) is 88.4 Å². The highest BCUT2D eigenvalue weighted by molar-refractivity contribution is 5.35. The molecule has 3 N–H and O–H groups in total. The molecule has 2 rings (SSSR count). The Morgan fingerprint density at radius 3 is 2.52 bits per heavy atom. The van der Waals surface area contributed by atoms with Gasteiger partial charge in [0.25, 0.3) is 0 Å². The molecule has 0 radical (unpaired) electrons. The van der Waals surface area contributed by atoms with Gasteiger partial charge in [0, 0.05) is 13.5 Å². The number of hydrogen-bond donors (Lipinski definition) is 3. The second-order valence-electron chi connectivity index (χ2n) is 5.30. The summed E-state index contributed by atoms with van der Waals surface area (Å²) in [7, 11) is 2.91. The Labute approximate surface area is 123 Å². The molecule has 5 atom stereocenters. The molecule has 1 fully saturated rings. The lowest BCUT2D eigenvalue weighted by atomic mass is 9.80. The van der Waals surface area contributed by atoms with Crippen molar-refractivity contribution >= 4 is 0 Å². The fourth-order valence-electron chi connectivity index (χ4n) is 2.68. The molecule has 6 nitrogen and oxygen atoms in total. The Kier molecular flexibility index (Phi) is 4.85. The monoisotopic (exact) mass is 298 g/mol. The first-order chi connectivity index (χ1) is 9.93. The number of benzene rings is 1. The minimum absolute atomic E-state index is 0.0901. The van der Waals surface area contributed by atoms with Crippen LogP contribution in [0, 0.1) is 0 Å². The molecule has 1 aliphatic rings. The molecule has 0 saturated carbocycles. The van der Waals surface area contributed by atoms with Crippen LogP contribution in [-0.2, 0) is 15.9 Å². The van der Waals surface area contributed by atoms with Gasteiger partial charge in [0.05, 0.1) is 13.2 Å². The van der Waals surface area contributed by atoms with Crippen molar-refractivity contribution in [3.05, 3.63) is 29.8 Å². The largest absolute Gasteiger partial charge is 0.496 e. The summed E-state index contributed by atoms with van der Waals surface area (Å²) in [5.41, 5.74) is -0.914. The maximum atomic E-state index is 10.8. The van der Waals surface area contributed by atoms with Gasteiger partial charge in [-0.25, -0.2) is 0 Å². The summed E-state index contributed by atoms with van der Waals surface area (Å²) in [5.74, 6) is 0.605. The van der Waals surface area contributed by atoms with E-state index in [4.69, 9.17) is 14.2 Å². The van der Waals surface area contributed by atoms with Gasteiger partial charge in [-0.2, -0.15) is 0 Å². The standard InChI is InChI=1S/C15H22O6/c1-9-15(18,13(17)12(16)14(20-3)21-9)8-10-6-4-5-7-11(10)19-2/h4-7,9,12-14,16-18H,8H2,1-3H3/t9-,12+,13-,14+,15-/m1/s1. The van der Waals surface area contributed by atoms with Crippen molar-refractivity contribution in [2.75, 3.05) is 14.2 Å². The van der Waals surface area contributed by atoms with Crippen LogP contribution in [0.25, 0.3) is 0 Å². The Morgan fingerprint density at radius 1 is 1.24 bits per heavy atom. The number of methoxy groups -OCH3 is 2. The van der Waals surface area contributed by atoms with Crippen molar-refractivity contribution in [1.29, 1.82) is 0 Å². The van der Waals surface area contributed by atoms with Gasteiger partial charge in [-0.1, -0.05) is 18.2 Å². The minimum atomic E-state index is -1.64. The van der Waals surface area contributed by atoms with Crippen molar-refractivity contribution in [3.63, 3.8) is 0 Å². The molecular weight excluding hydrogens is 276 g/mol. The van der Waals surface area contributed by atoms with Crippen LogP contribution in [0.1, 0.15) is 12.5 Å². The highest BCUT2D eigenvalue weighted by Gasteiger charge is 2.53. The highest BCUT2D eigenvalue weighted by atomic mass is 16.7. The van der Waals surface area contributed by atoms with E-state index in [0.29, 0.717) is 5.75 Å². The summed E-state index contributed by atoms with van der Waals surface area (Å²) < 4.78 is 15.7. The summed E-state index contributed by atoms with van der Waals surface area (Å²) in [4.78, 5) is 0. The third kappa shape index (κ3) is 2.90. The van der Waals surface area contributed by atoms with E-state index in [1.807, 2.05) is 12.1 Å². The van der Waals surface area contributed by atoms with Crippen LogP contribution in [0.2, 0.25) is 0 Å². The molecule has 0 bridgehead atoms. The Hall–Kier alpha value is -1.18. The van der Waals surface area contributed by atoms with Gasteiger partial charge >= 0.3 is 0 Å². The second kappa shape index (κ2) is 6.29. The van der Waals surface area contributed by atoms with Crippen LogP contribution in [-0.4, -0.2) is 59.7 Å². The van der Waals surface area contributed by atoms with Crippen molar-refractivity contribution in [2.24, 2.45) is 0 Å². The lowest BCUT2D eigenvalue weighted by Crippen LogP contribution is -2.66. The van der Waals surface area contributed by atoms with E-state index < -0.39 is 30.2 Å². The summed E-state index contributed by atoms with van der Waals surface area (Å²) in [6, 6.07) is 7.20. The van der Waals surface area contributed by atoms with E-state index in [2.05, 4.69) is 0 Å². The predicted octanol–water partition coefficient (Wildman–Crippen LogP) is 0.0818. The van der Waals surface area contributed by atoms with E-state index in [1.165, 1.54) is 14.2 Å². The second-order valence-corrected chi connectivity index (χ2v) is 5.30. The van der Waals surface area contributed by atoms with Gasteiger partial charge < -0.3 is 29.5 Å². The molecule has 6 heteroatoms. The molecule has 0 amide bonds. The van der Waals surface area contributed by atoms with Crippen molar-refractivity contribution in [3.8, 4) is 5.75 Å². The molecule has 0 unspecified atom stereocenters. The van der Waals surface area contributed by atoms with Gasteiger partial charge in [0.15, 0.2) is 6.29 Å². The van der Waals surface area contributed by atoms with Crippen LogP contribution in [0.5, 0.6) is 5.75 Å². The van der Waals surface area contributed by atoms with Crippen LogP contribution >= 0.6 is 0 Å². The van der Waals surface area contributed by atoms with E-state index in [-0.39, 0.29) is 6.42 Å². The summed E-state index contributed by atoms with van der Waals surface area (Å²) in [5, 5.41) is 31.1. The average molecular weight is 298 g/mol. The van der Waals surface area contributed by atoms with Crippen molar-refractivity contribution in [2.45, 2.75) is 43.5 Å². The predicted molar refractivity (Wildman–Crippen MR) is 75.0 cm³/mol. The van der Waals surface area contributed by atoms with Crippen LogP contribution in [0.4, 0.5) is 0 Å². The van der Waals surface area contributed by atoms with Gasteiger partial charge in [-0.05, 0) is 18.6 Å². The molecule has 1 heterocycles. The molecule has 1 aromatic carbocycles. The lowest BCUT2D eigenvalue weighted by Gasteiger charge is -2.47. The third-order valence-electron chi connectivity index (χ3n) is 4.06. The maximum absolute atomic E-state index is 10.8. The molecule has 1 aliphatic heterocycles. The first kappa shape index (κ1) is 16.2. The summed E-state index contributed by atoms with van der Waals surface area (Å²) in [6.07, 6.45) is -4.31. The number of rotatable bonds is 4. The SMILES string of the molecule is COc1ccccc1C[C@]1(O)[C@H](O)[C@H](O)[C@@H](OC)O[C@@H]1C. The number of hydrogen-bond acceptors (Lipinski definition) is 6. The minimum Gasteiger partial charge on any atom is -0.496 e. The summed E-state index contributed by atoms with van der Waals surface area (Å²) >= 11 is 0. The first-order valence-corrected chi connectivity index (χ1v) is 6.82. The molecular formula is C15H22O6. The van der Waals surface area contributed by atoms with E-state index >= 15 is 0 Å². The Balaban J connectivity index is 2.28. The van der Waals surface area contributed by atoms with Gasteiger partial charge in [0.1, 0.15) is 23.6 Å². The molecule has 21 heavy (non-hydrogen) atoms. The number of aliphatic hydroxyl groups excluding tert-OH is 2. The molecule has 0 aromatic heterocycles. The maximum Gasteiger partial charge on any atom is 0.186 e.